The van der Waals surface area contributed by atoms with E-state index in [0.29, 0.717) is 19.4 Å². The minimum absolute atomic E-state index is 0.119. The Bertz CT molecular complexity index is 783. The van der Waals surface area contributed by atoms with Crippen LogP contribution in [0, 0.1) is 0 Å². The highest BCUT2D eigenvalue weighted by Crippen LogP contribution is 2.20. The van der Waals surface area contributed by atoms with E-state index < -0.39 is 0 Å². The van der Waals surface area contributed by atoms with Gasteiger partial charge < -0.3 is 9.47 Å². The zero-order valence-electron chi connectivity index (χ0n) is 18.6. The Labute approximate surface area is 184 Å². The van der Waals surface area contributed by atoms with Crippen LogP contribution in [0.3, 0.4) is 0 Å². The first-order chi connectivity index (χ1) is 14.4. The van der Waals surface area contributed by atoms with Crippen LogP contribution >= 0.6 is 11.8 Å². The average molecular weight is 432 g/mol. The summed E-state index contributed by atoms with van der Waals surface area (Å²) in [7, 11) is 1.66. The fourth-order valence-corrected chi connectivity index (χ4v) is 3.30. The van der Waals surface area contributed by atoms with E-state index >= 15 is 0 Å². The number of hydrogen-bond donors (Lipinski definition) is 1. The van der Waals surface area contributed by atoms with Crippen molar-refractivity contribution in [3.05, 3.63) is 65.0 Å². The van der Waals surface area contributed by atoms with Gasteiger partial charge in [0.1, 0.15) is 11.5 Å². The average Bonchev–Trinajstić information content (AvgIpc) is 2.75. The van der Waals surface area contributed by atoms with Crippen molar-refractivity contribution in [2.45, 2.75) is 45.3 Å². The van der Waals surface area contributed by atoms with Gasteiger partial charge in [0.05, 0.1) is 13.7 Å². The molecule has 2 amide bonds. The molecule has 5 nitrogen and oxygen atoms in total. The van der Waals surface area contributed by atoms with E-state index in [4.69, 9.17) is 9.47 Å². The molecule has 0 bridgehead atoms. The van der Waals surface area contributed by atoms with Gasteiger partial charge in [-0.3, -0.25) is 14.9 Å². The van der Waals surface area contributed by atoms with Crippen LogP contribution in [0.1, 0.15) is 39.2 Å². The molecule has 0 heterocycles. The van der Waals surface area contributed by atoms with Gasteiger partial charge in [0.15, 0.2) is 0 Å². The lowest BCUT2D eigenvalue weighted by molar-refractivity contribution is -0.125. The number of hydrogen-bond acceptors (Lipinski definition) is 5. The Balaban J connectivity index is 2.74. The van der Waals surface area contributed by atoms with Gasteiger partial charge in [-0.15, -0.1) is 0 Å². The van der Waals surface area contributed by atoms with E-state index in [-0.39, 0.29) is 11.2 Å². The SMILES string of the molecule is C\C=C(C)/C(=C\C(C)=C\CC(CC(=O)NC=O)SC)OCCc1cccc(OC)c1. The van der Waals surface area contributed by atoms with Gasteiger partial charge in [0.2, 0.25) is 12.3 Å². The molecule has 6 heteroatoms. The Morgan fingerprint density at radius 2 is 2.07 bits per heavy atom. The molecule has 0 aliphatic heterocycles. The van der Waals surface area contributed by atoms with Crippen LogP contribution in [-0.2, 0) is 20.7 Å². The second-order valence-electron chi connectivity index (χ2n) is 6.86. The minimum Gasteiger partial charge on any atom is -0.497 e. The Hall–Kier alpha value is -2.47. The summed E-state index contributed by atoms with van der Waals surface area (Å²) < 4.78 is 11.3. The highest BCUT2D eigenvalue weighted by molar-refractivity contribution is 7.99. The second kappa shape index (κ2) is 14.5. The molecule has 0 saturated carbocycles. The molecule has 0 spiro atoms. The van der Waals surface area contributed by atoms with Crippen LogP contribution < -0.4 is 10.1 Å². The van der Waals surface area contributed by atoms with Crippen molar-refractivity contribution in [1.29, 1.82) is 0 Å². The zero-order chi connectivity index (χ0) is 22.4. The van der Waals surface area contributed by atoms with Crippen molar-refractivity contribution in [3.8, 4) is 5.75 Å². The van der Waals surface area contributed by atoms with Crippen molar-refractivity contribution >= 4 is 24.1 Å². The Kier molecular flexibility index (Phi) is 12.4. The second-order valence-corrected chi connectivity index (χ2v) is 8.00. The number of allylic oxidation sites excluding steroid dienone is 5. The van der Waals surface area contributed by atoms with Gasteiger partial charge in [-0.25, -0.2) is 0 Å². The molecule has 1 aromatic carbocycles. The topological polar surface area (TPSA) is 64.6 Å². The summed E-state index contributed by atoms with van der Waals surface area (Å²) >= 11 is 1.62. The third kappa shape index (κ3) is 9.83. The molecule has 0 fully saturated rings. The summed E-state index contributed by atoms with van der Waals surface area (Å²) in [5.41, 5.74) is 3.30. The van der Waals surface area contributed by atoms with E-state index in [1.54, 1.807) is 18.9 Å². The van der Waals surface area contributed by atoms with Gasteiger partial charge in [-0.1, -0.05) is 29.9 Å². The number of methoxy groups -OCH3 is 1. The maximum Gasteiger partial charge on any atom is 0.227 e. The molecule has 0 aromatic heterocycles. The van der Waals surface area contributed by atoms with Gasteiger partial charge in [-0.2, -0.15) is 11.8 Å². The van der Waals surface area contributed by atoms with E-state index in [1.807, 2.05) is 57.4 Å². The third-order valence-corrected chi connectivity index (χ3v) is 5.66. The number of nitrogens with one attached hydrogen (secondary N) is 1. The summed E-state index contributed by atoms with van der Waals surface area (Å²) in [6.07, 6.45) is 10.4. The standard InChI is InChI=1S/C24H33NO4S/c1-6-19(3)23(29-13-12-20-8-7-9-21(15-20)28-4)14-18(2)10-11-22(30-5)16-24(27)25-17-26/h6-10,14-15,17,22H,11-13,16H2,1-5H3,(H,25,26,27)/b18-10+,19-6-,23-14+. The maximum absolute atomic E-state index is 11.6. The highest BCUT2D eigenvalue weighted by atomic mass is 32.2. The fraction of sp³-hybridized carbons (Fsp3) is 0.417. The maximum atomic E-state index is 11.6. The molecule has 164 valence electrons. The Morgan fingerprint density at radius 3 is 2.70 bits per heavy atom. The summed E-state index contributed by atoms with van der Waals surface area (Å²) in [6, 6.07) is 7.99. The number of ether oxygens (including phenoxy) is 2. The predicted molar refractivity (Wildman–Crippen MR) is 125 cm³/mol. The van der Waals surface area contributed by atoms with E-state index in [9.17, 15) is 9.59 Å². The van der Waals surface area contributed by atoms with Gasteiger partial charge in [0.25, 0.3) is 0 Å². The Morgan fingerprint density at radius 1 is 1.30 bits per heavy atom. The number of rotatable bonds is 13. The molecular formula is C24H33NO4S. The highest BCUT2D eigenvalue weighted by Gasteiger charge is 2.11. The number of amides is 2. The zero-order valence-corrected chi connectivity index (χ0v) is 19.4. The molecule has 0 radical (unpaired) electrons. The van der Waals surface area contributed by atoms with Gasteiger partial charge in [0, 0.05) is 18.1 Å². The summed E-state index contributed by atoms with van der Waals surface area (Å²) in [5.74, 6) is 1.43. The monoisotopic (exact) mass is 431 g/mol. The number of thioether (sulfide) groups is 1. The quantitative estimate of drug-likeness (QED) is 0.275. The number of carbonyl (C=O) groups excluding carboxylic acids is 2. The van der Waals surface area contributed by atoms with Crippen LogP contribution in [0.15, 0.2) is 59.4 Å². The minimum atomic E-state index is -0.253. The van der Waals surface area contributed by atoms with Crippen molar-refractivity contribution in [3.63, 3.8) is 0 Å². The van der Waals surface area contributed by atoms with Crippen molar-refractivity contribution in [2.75, 3.05) is 20.0 Å². The molecule has 1 unspecified atom stereocenters. The van der Waals surface area contributed by atoms with E-state index in [2.05, 4.69) is 17.5 Å². The van der Waals surface area contributed by atoms with Crippen LogP contribution in [0.5, 0.6) is 5.75 Å². The molecule has 1 aromatic rings. The molecule has 1 atom stereocenters. The fourth-order valence-electron chi connectivity index (χ4n) is 2.70. The lowest BCUT2D eigenvalue weighted by Gasteiger charge is -2.13. The summed E-state index contributed by atoms with van der Waals surface area (Å²) in [5, 5.41) is 2.31. The molecule has 30 heavy (non-hydrogen) atoms. The predicted octanol–water partition coefficient (Wildman–Crippen LogP) is 4.84. The van der Waals surface area contributed by atoms with Crippen LogP contribution in [0.2, 0.25) is 0 Å². The van der Waals surface area contributed by atoms with E-state index in [0.717, 1.165) is 41.1 Å². The summed E-state index contributed by atoms with van der Waals surface area (Å²) in [6.45, 7) is 6.61. The molecule has 0 aliphatic rings. The smallest absolute Gasteiger partial charge is 0.227 e. The number of carbonyl (C=O) groups is 2. The van der Waals surface area contributed by atoms with Crippen molar-refractivity contribution < 1.29 is 19.1 Å². The van der Waals surface area contributed by atoms with Crippen LogP contribution in [-0.4, -0.2) is 37.5 Å². The van der Waals surface area contributed by atoms with Crippen LogP contribution in [0.25, 0.3) is 0 Å². The van der Waals surface area contributed by atoms with Crippen molar-refractivity contribution in [2.24, 2.45) is 0 Å². The van der Waals surface area contributed by atoms with E-state index in [1.165, 1.54) is 0 Å². The largest absolute Gasteiger partial charge is 0.497 e. The molecule has 1 rings (SSSR count). The normalized spacial score (nSPS) is 13.6. The van der Waals surface area contributed by atoms with Crippen molar-refractivity contribution in [1.82, 2.24) is 5.32 Å². The lowest BCUT2D eigenvalue weighted by atomic mass is 10.1. The van der Waals surface area contributed by atoms with Gasteiger partial charge in [-0.05, 0) is 62.8 Å². The number of benzene rings is 1. The molecule has 0 aliphatic carbocycles. The first-order valence-corrected chi connectivity index (χ1v) is 11.3. The first kappa shape index (κ1) is 25.6. The first-order valence-electron chi connectivity index (χ1n) is 9.96. The van der Waals surface area contributed by atoms with Crippen LogP contribution in [0.4, 0.5) is 0 Å². The lowest BCUT2D eigenvalue weighted by Crippen LogP contribution is -2.24. The summed E-state index contributed by atoms with van der Waals surface area (Å²) in [4.78, 5) is 22.0. The van der Waals surface area contributed by atoms with Gasteiger partial charge >= 0.3 is 0 Å². The molecule has 1 N–H and O–H groups in total. The number of imide groups is 1. The third-order valence-electron chi connectivity index (χ3n) is 4.63. The molecule has 0 saturated heterocycles. The molecular weight excluding hydrogens is 398 g/mol.